The Labute approximate surface area is 150 Å². The fraction of sp³-hybridized carbons (Fsp3) is 0.444. The van der Waals surface area contributed by atoms with Gasteiger partial charge in [0, 0.05) is 18.0 Å². The van der Waals surface area contributed by atoms with E-state index in [0.29, 0.717) is 16.8 Å². The van der Waals surface area contributed by atoms with E-state index in [2.05, 4.69) is 45.0 Å². The number of carbonyl (C=O) groups excluding carboxylic acids is 1. The first-order chi connectivity index (χ1) is 12.2. The number of aryl methyl sites for hydroxylation is 1. The van der Waals surface area contributed by atoms with Crippen LogP contribution >= 0.6 is 11.8 Å². The van der Waals surface area contributed by atoms with Crippen LogP contribution in [0.2, 0.25) is 0 Å². The zero-order chi connectivity index (χ0) is 17.4. The average molecular weight is 355 g/mol. The van der Waals surface area contributed by atoms with E-state index < -0.39 is 0 Å². The van der Waals surface area contributed by atoms with Crippen molar-refractivity contribution in [1.29, 1.82) is 0 Å². The quantitative estimate of drug-likeness (QED) is 0.688. The van der Waals surface area contributed by atoms with Gasteiger partial charge >= 0.3 is 0 Å². The molecule has 6 nitrogen and oxygen atoms in total. The summed E-state index contributed by atoms with van der Waals surface area (Å²) in [7, 11) is 0. The van der Waals surface area contributed by atoms with E-state index in [1.54, 1.807) is 0 Å². The van der Waals surface area contributed by atoms with Gasteiger partial charge in [0.15, 0.2) is 5.65 Å². The lowest BCUT2D eigenvalue weighted by atomic mass is 10.2. The molecule has 0 aliphatic heterocycles. The molecule has 25 heavy (non-hydrogen) atoms. The molecule has 2 aromatic heterocycles. The van der Waals surface area contributed by atoms with Crippen molar-refractivity contribution in [3.05, 3.63) is 24.3 Å². The van der Waals surface area contributed by atoms with Crippen molar-refractivity contribution >= 4 is 39.7 Å². The maximum Gasteiger partial charge on any atom is 0.230 e. The Bertz CT molecular complexity index is 934. The van der Waals surface area contributed by atoms with Crippen molar-refractivity contribution in [3.63, 3.8) is 0 Å². The highest BCUT2D eigenvalue weighted by Gasteiger charge is 2.28. The number of fused-ring (bicyclic) bond motifs is 3. The van der Waals surface area contributed by atoms with Crippen LogP contribution in [0.4, 0.5) is 0 Å². The van der Waals surface area contributed by atoms with Crippen LogP contribution in [0.25, 0.3) is 22.1 Å². The van der Waals surface area contributed by atoms with Gasteiger partial charge in [-0.3, -0.25) is 4.79 Å². The van der Waals surface area contributed by atoms with Gasteiger partial charge in [-0.25, -0.2) is 4.98 Å². The predicted octanol–water partition coefficient (Wildman–Crippen LogP) is 3.01. The van der Waals surface area contributed by atoms with Crippen LogP contribution in [-0.4, -0.2) is 37.5 Å². The molecule has 1 fully saturated rings. The fourth-order valence-electron chi connectivity index (χ4n) is 3.21. The highest BCUT2D eigenvalue weighted by Crippen LogP contribution is 2.32. The summed E-state index contributed by atoms with van der Waals surface area (Å²) in [5, 5.41) is 13.2. The van der Waals surface area contributed by atoms with E-state index in [1.165, 1.54) is 24.6 Å². The summed E-state index contributed by atoms with van der Waals surface area (Å²) >= 11 is 1.34. The highest BCUT2D eigenvalue weighted by atomic mass is 32.2. The number of thioether (sulfide) groups is 1. The van der Waals surface area contributed by atoms with Gasteiger partial charge in [-0.15, -0.1) is 10.2 Å². The molecule has 1 saturated carbocycles. The molecule has 0 unspecified atom stereocenters. The number of nitrogens with zero attached hydrogens (tertiary/aromatic N) is 4. The minimum Gasteiger partial charge on any atom is -0.353 e. The molecular formula is C18H21N5OS. The number of hydrogen-bond acceptors (Lipinski definition) is 5. The van der Waals surface area contributed by atoms with Gasteiger partial charge in [0.2, 0.25) is 11.1 Å². The van der Waals surface area contributed by atoms with Crippen molar-refractivity contribution in [2.75, 3.05) is 5.75 Å². The molecule has 1 amide bonds. The third kappa shape index (κ3) is 3.20. The van der Waals surface area contributed by atoms with Gasteiger partial charge in [0.05, 0.1) is 11.3 Å². The summed E-state index contributed by atoms with van der Waals surface area (Å²) in [6, 6.07) is 8.39. The molecule has 1 aliphatic carbocycles. The molecule has 0 radical (unpaired) electrons. The summed E-state index contributed by atoms with van der Waals surface area (Å²) < 4.78 is 2.14. The normalized spacial score (nSPS) is 15.6. The van der Waals surface area contributed by atoms with E-state index in [-0.39, 0.29) is 11.9 Å². The number of rotatable bonds is 6. The van der Waals surface area contributed by atoms with Gasteiger partial charge in [-0.05, 0) is 38.7 Å². The summed E-state index contributed by atoms with van der Waals surface area (Å²) in [4.78, 5) is 16.7. The van der Waals surface area contributed by atoms with Crippen molar-refractivity contribution in [2.24, 2.45) is 5.92 Å². The first-order valence-electron chi connectivity index (χ1n) is 8.71. The third-order valence-corrected chi connectivity index (χ3v) is 5.56. The maximum absolute atomic E-state index is 12.1. The zero-order valence-electron chi connectivity index (χ0n) is 14.4. The van der Waals surface area contributed by atoms with E-state index in [4.69, 9.17) is 0 Å². The lowest BCUT2D eigenvalue weighted by Gasteiger charge is -2.11. The second-order valence-corrected chi connectivity index (χ2v) is 7.45. The smallest absolute Gasteiger partial charge is 0.230 e. The van der Waals surface area contributed by atoms with E-state index >= 15 is 0 Å². The van der Waals surface area contributed by atoms with Crippen LogP contribution in [0, 0.1) is 5.92 Å². The number of benzene rings is 1. The monoisotopic (exact) mass is 355 g/mol. The van der Waals surface area contributed by atoms with Crippen LogP contribution in [-0.2, 0) is 11.3 Å². The molecule has 4 rings (SSSR count). The molecule has 130 valence electrons. The number of amides is 1. The van der Waals surface area contributed by atoms with Crippen molar-refractivity contribution in [3.8, 4) is 0 Å². The van der Waals surface area contributed by atoms with Crippen LogP contribution in [0.15, 0.2) is 29.4 Å². The van der Waals surface area contributed by atoms with E-state index in [0.717, 1.165) is 28.6 Å². The zero-order valence-corrected chi connectivity index (χ0v) is 15.2. The molecule has 0 saturated heterocycles. The second-order valence-electron chi connectivity index (χ2n) is 6.51. The average Bonchev–Trinajstić information content (AvgIpc) is 3.42. The Hall–Kier alpha value is -2.15. The molecule has 1 atom stereocenters. The first kappa shape index (κ1) is 16.3. The first-order valence-corrected chi connectivity index (χ1v) is 9.69. The Kier molecular flexibility index (Phi) is 4.33. The van der Waals surface area contributed by atoms with Gasteiger partial charge in [0.1, 0.15) is 5.52 Å². The molecule has 1 N–H and O–H groups in total. The van der Waals surface area contributed by atoms with Crippen LogP contribution in [0.5, 0.6) is 0 Å². The number of nitrogens with one attached hydrogen (secondary N) is 1. The minimum absolute atomic E-state index is 0.0316. The minimum atomic E-state index is 0.0316. The Morgan fingerprint density at radius 1 is 1.36 bits per heavy atom. The number of carbonyl (C=O) groups is 1. The van der Waals surface area contributed by atoms with Crippen molar-refractivity contribution in [1.82, 2.24) is 25.1 Å². The Balaban J connectivity index is 1.54. The van der Waals surface area contributed by atoms with Gasteiger partial charge in [-0.1, -0.05) is 30.0 Å². The maximum atomic E-state index is 12.1. The molecule has 7 heteroatoms. The lowest BCUT2D eigenvalue weighted by Crippen LogP contribution is -2.35. The molecule has 2 heterocycles. The highest BCUT2D eigenvalue weighted by molar-refractivity contribution is 7.99. The summed E-state index contributed by atoms with van der Waals surface area (Å²) in [5.74, 6) is 1.00. The third-order valence-electron chi connectivity index (χ3n) is 4.72. The summed E-state index contributed by atoms with van der Waals surface area (Å²) in [5.41, 5.74) is 2.75. The molecule has 3 aromatic rings. The Morgan fingerprint density at radius 3 is 2.92 bits per heavy atom. The largest absolute Gasteiger partial charge is 0.353 e. The van der Waals surface area contributed by atoms with Crippen LogP contribution in [0.3, 0.4) is 0 Å². The summed E-state index contributed by atoms with van der Waals surface area (Å²) in [6.07, 6.45) is 2.44. The molecule has 1 aromatic carbocycles. The molecular weight excluding hydrogens is 334 g/mol. The SMILES string of the molecule is CCn1c2ccccc2c2nnc(SCC(=O)N[C@@H](C)C3CC3)nc21. The topological polar surface area (TPSA) is 72.7 Å². The molecule has 0 spiro atoms. The van der Waals surface area contributed by atoms with Gasteiger partial charge in [-0.2, -0.15) is 0 Å². The number of hydrogen-bond donors (Lipinski definition) is 1. The predicted molar refractivity (Wildman–Crippen MR) is 99.6 cm³/mol. The van der Waals surface area contributed by atoms with Gasteiger partial charge in [0.25, 0.3) is 0 Å². The Morgan fingerprint density at radius 2 is 2.16 bits per heavy atom. The van der Waals surface area contributed by atoms with Crippen molar-refractivity contribution < 1.29 is 4.79 Å². The van der Waals surface area contributed by atoms with Crippen LogP contribution in [0.1, 0.15) is 26.7 Å². The van der Waals surface area contributed by atoms with E-state index in [9.17, 15) is 4.79 Å². The second kappa shape index (κ2) is 6.63. The fourth-order valence-corrected chi connectivity index (χ4v) is 3.80. The number of para-hydroxylation sites is 1. The summed E-state index contributed by atoms with van der Waals surface area (Å²) in [6.45, 7) is 4.98. The van der Waals surface area contributed by atoms with Crippen LogP contribution < -0.4 is 5.32 Å². The standard InChI is InChI=1S/C18H21N5OS/c1-3-23-14-7-5-4-6-13(14)16-17(23)20-18(22-21-16)25-10-15(24)19-11(2)12-8-9-12/h4-7,11-12H,3,8-10H2,1-2H3,(H,19,24)/t11-/m0/s1. The van der Waals surface area contributed by atoms with E-state index in [1.807, 2.05) is 18.2 Å². The number of aromatic nitrogens is 4. The van der Waals surface area contributed by atoms with Crippen molar-refractivity contribution in [2.45, 2.75) is 44.4 Å². The lowest BCUT2D eigenvalue weighted by molar-refractivity contribution is -0.119. The molecule has 0 bridgehead atoms. The van der Waals surface area contributed by atoms with Gasteiger partial charge < -0.3 is 9.88 Å². The molecule has 1 aliphatic rings.